The predicted octanol–water partition coefficient (Wildman–Crippen LogP) is 1.27. The van der Waals surface area contributed by atoms with Crippen LogP contribution in [0.4, 0.5) is 4.39 Å². The van der Waals surface area contributed by atoms with Crippen molar-refractivity contribution < 1.29 is 4.39 Å². The number of rotatable bonds is 0. The van der Waals surface area contributed by atoms with Gasteiger partial charge in [0.25, 0.3) is 0 Å². The molecule has 0 amide bonds. The first kappa shape index (κ1) is 7.96. The van der Waals surface area contributed by atoms with Crippen LogP contribution in [0, 0.1) is 17.2 Å². The first-order valence-electron chi connectivity index (χ1n) is 3.36. The molecule has 0 spiro atoms. The highest BCUT2D eigenvalue weighted by molar-refractivity contribution is 5.33. The van der Waals surface area contributed by atoms with E-state index in [1.54, 1.807) is 13.0 Å². The molecule has 0 aromatic heterocycles. The van der Waals surface area contributed by atoms with Gasteiger partial charge in [-0.1, -0.05) is 6.08 Å². The lowest BCUT2D eigenvalue weighted by molar-refractivity contribution is 0.593. The molecule has 2 unspecified atom stereocenters. The molecule has 1 rings (SSSR count). The summed E-state index contributed by atoms with van der Waals surface area (Å²) in [6.45, 7) is 1.63. The summed E-state index contributed by atoms with van der Waals surface area (Å²) in [6.07, 6.45) is 2.84. The maximum atomic E-state index is 12.7. The smallest absolute Gasteiger partial charge is 0.123 e. The first-order chi connectivity index (χ1) is 5.15. The molecule has 0 aromatic rings. The molecule has 0 radical (unpaired) electrons. The van der Waals surface area contributed by atoms with Crippen LogP contribution in [0.2, 0.25) is 0 Å². The Morgan fingerprint density at radius 1 is 1.64 bits per heavy atom. The Morgan fingerprint density at radius 3 is 2.82 bits per heavy atom. The van der Waals surface area contributed by atoms with Crippen LogP contribution < -0.4 is 5.73 Å². The third-order valence-corrected chi connectivity index (χ3v) is 1.71. The van der Waals surface area contributed by atoms with E-state index in [1.807, 2.05) is 6.07 Å². The van der Waals surface area contributed by atoms with Crippen LogP contribution in [0.25, 0.3) is 0 Å². The van der Waals surface area contributed by atoms with Crippen molar-refractivity contribution in [3.8, 4) is 6.07 Å². The molecule has 1 aliphatic rings. The van der Waals surface area contributed by atoms with E-state index in [4.69, 9.17) is 11.0 Å². The molecule has 2 atom stereocenters. The third-order valence-electron chi connectivity index (χ3n) is 1.71. The van der Waals surface area contributed by atoms with Gasteiger partial charge in [-0.3, -0.25) is 0 Å². The van der Waals surface area contributed by atoms with E-state index in [0.29, 0.717) is 5.57 Å². The lowest BCUT2D eigenvalue weighted by Gasteiger charge is -2.16. The second-order valence-corrected chi connectivity index (χ2v) is 2.60. The number of nitrogens with two attached hydrogens (primary N) is 1. The summed E-state index contributed by atoms with van der Waals surface area (Å²) < 4.78 is 12.7. The van der Waals surface area contributed by atoms with E-state index in [0.717, 1.165) is 0 Å². The first-order valence-corrected chi connectivity index (χ1v) is 3.36. The second-order valence-electron chi connectivity index (χ2n) is 2.60. The number of nitrogens with zero attached hydrogens (tertiary/aromatic N) is 1. The van der Waals surface area contributed by atoms with Crippen LogP contribution >= 0.6 is 0 Å². The van der Waals surface area contributed by atoms with Crippen molar-refractivity contribution >= 4 is 0 Å². The van der Waals surface area contributed by atoms with E-state index in [2.05, 4.69) is 0 Å². The van der Waals surface area contributed by atoms with Gasteiger partial charge < -0.3 is 5.73 Å². The molecular formula is C8H9FN2. The van der Waals surface area contributed by atoms with Gasteiger partial charge in [0, 0.05) is 6.04 Å². The van der Waals surface area contributed by atoms with Crippen LogP contribution in [0.5, 0.6) is 0 Å². The quantitative estimate of drug-likeness (QED) is 0.568. The molecule has 0 aliphatic heterocycles. The minimum Gasteiger partial charge on any atom is -0.323 e. The Hall–Kier alpha value is -1.14. The van der Waals surface area contributed by atoms with Crippen LogP contribution in [-0.4, -0.2) is 6.04 Å². The summed E-state index contributed by atoms with van der Waals surface area (Å²) in [5.41, 5.74) is 5.96. The van der Waals surface area contributed by atoms with Gasteiger partial charge in [-0.15, -0.1) is 0 Å². The molecule has 0 heterocycles. The summed E-state index contributed by atoms with van der Waals surface area (Å²) in [5, 5.41) is 8.54. The molecule has 58 valence electrons. The molecule has 0 bridgehead atoms. The normalized spacial score (nSPS) is 30.4. The van der Waals surface area contributed by atoms with E-state index in [1.165, 1.54) is 6.08 Å². The highest BCUT2D eigenvalue weighted by Crippen LogP contribution is 2.21. The van der Waals surface area contributed by atoms with E-state index < -0.39 is 6.04 Å². The Kier molecular flexibility index (Phi) is 2.06. The topological polar surface area (TPSA) is 49.8 Å². The zero-order valence-corrected chi connectivity index (χ0v) is 6.21. The van der Waals surface area contributed by atoms with Gasteiger partial charge in [-0.05, 0) is 18.6 Å². The second kappa shape index (κ2) is 2.85. The van der Waals surface area contributed by atoms with E-state index >= 15 is 0 Å². The van der Waals surface area contributed by atoms with Crippen molar-refractivity contribution in [1.82, 2.24) is 0 Å². The number of halogens is 1. The Balaban J connectivity index is 2.90. The lowest BCUT2D eigenvalue weighted by atomic mass is 9.93. The molecule has 0 saturated carbocycles. The van der Waals surface area contributed by atoms with Crippen LogP contribution in [0.15, 0.2) is 23.6 Å². The number of nitriles is 1. The molecule has 2 nitrogen and oxygen atoms in total. The standard InChI is InChI=1S/C8H9FN2/c1-5-2-6(4-10)8(11)3-7(5)9/h2-3,6,8H,11H2,1H3. The average Bonchev–Trinajstić information content (AvgIpc) is 1.97. The van der Waals surface area contributed by atoms with Gasteiger partial charge in [0.05, 0.1) is 12.0 Å². The molecule has 1 aliphatic carbocycles. The van der Waals surface area contributed by atoms with Crippen molar-refractivity contribution in [3.05, 3.63) is 23.6 Å². The van der Waals surface area contributed by atoms with Gasteiger partial charge in [-0.2, -0.15) is 5.26 Å². The Bertz CT molecular complexity index is 260. The summed E-state index contributed by atoms with van der Waals surface area (Å²) in [4.78, 5) is 0. The van der Waals surface area contributed by atoms with Crippen LogP contribution in [-0.2, 0) is 0 Å². The van der Waals surface area contributed by atoms with Gasteiger partial charge in [-0.25, -0.2) is 4.39 Å². The molecule has 0 fully saturated rings. The summed E-state index contributed by atoms with van der Waals surface area (Å²) in [7, 11) is 0. The van der Waals surface area contributed by atoms with E-state index in [-0.39, 0.29) is 11.7 Å². The van der Waals surface area contributed by atoms with Gasteiger partial charge >= 0.3 is 0 Å². The average molecular weight is 152 g/mol. The van der Waals surface area contributed by atoms with Crippen molar-refractivity contribution in [2.45, 2.75) is 13.0 Å². The highest BCUT2D eigenvalue weighted by atomic mass is 19.1. The monoisotopic (exact) mass is 152 g/mol. The highest BCUT2D eigenvalue weighted by Gasteiger charge is 2.19. The molecule has 0 aromatic carbocycles. The van der Waals surface area contributed by atoms with E-state index in [9.17, 15) is 4.39 Å². The lowest BCUT2D eigenvalue weighted by Crippen LogP contribution is -2.28. The predicted molar refractivity (Wildman–Crippen MR) is 40.0 cm³/mol. The summed E-state index contributed by atoms with van der Waals surface area (Å²) >= 11 is 0. The molecule has 3 heteroatoms. The summed E-state index contributed by atoms with van der Waals surface area (Å²) in [5.74, 6) is -0.696. The van der Waals surface area contributed by atoms with Crippen molar-refractivity contribution in [2.24, 2.45) is 11.7 Å². The minimum atomic E-state index is -0.497. The van der Waals surface area contributed by atoms with Crippen molar-refractivity contribution in [2.75, 3.05) is 0 Å². The van der Waals surface area contributed by atoms with Crippen LogP contribution in [0.1, 0.15) is 6.92 Å². The largest absolute Gasteiger partial charge is 0.323 e. The fraction of sp³-hybridized carbons (Fsp3) is 0.375. The van der Waals surface area contributed by atoms with Crippen molar-refractivity contribution in [3.63, 3.8) is 0 Å². The number of allylic oxidation sites excluding steroid dienone is 2. The Morgan fingerprint density at radius 2 is 2.27 bits per heavy atom. The van der Waals surface area contributed by atoms with Crippen molar-refractivity contribution in [1.29, 1.82) is 5.26 Å². The van der Waals surface area contributed by atoms with Gasteiger partial charge in [0.15, 0.2) is 0 Å². The fourth-order valence-corrected chi connectivity index (χ4v) is 0.987. The van der Waals surface area contributed by atoms with Gasteiger partial charge in [0.1, 0.15) is 5.83 Å². The molecule has 2 N–H and O–H groups in total. The fourth-order valence-electron chi connectivity index (χ4n) is 0.987. The summed E-state index contributed by atoms with van der Waals surface area (Å²) in [6, 6.07) is 1.50. The molecule has 0 saturated heterocycles. The zero-order valence-electron chi connectivity index (χ0n) is 6.21. The third kappa shape index (κ3) is 1.47. The SMILES string of the molecule is CC1=CC(C#N)C(N)C=C1F. The maximum Gasteiger partial charge on any atom is 0.123 e. The Labute approximate surface area is 64.8 Å². The zero-order chi connectivity index (χ0) is 8.43. The number of hydrogen-bond acceptors (Lipinski definition) is 2. The van der Waals surface area contributed by atoms with Crippen LogP contribution in [0.3, 0.4) is 0 Å². The van der Waals surface area contributed by atoms with Gasteiger partial charge in [0.2, 0.25) is 0 Å². The number of hydrogen-bond donors (Lipinski definition) is 1. The molecule has 11 heavy (non-hydrogen) atoms. The minimum absolute atomic E-state index is 0.316. The molecular weight excluding hydrogens is 143 g/mol. The maximum absolute atomic E-state index is 12.7.